The van der Waals surface area contributed by atoms with Crippen molar-refractivity contribution in [2.45, 2.75) is 12.1 Å². The summed E-state index contributed by atoms with van der Waals surface area (Å²) in [5.74, 6) is -0.292. The molecule has 0 N–H and O–H groups in total. The first-order valence-corrected chi connectivity index (χ1v) is 5.97. The van der Waals surface area contributed by atoms with Crippen molar-refractivity contribution in [1.82, 2.24) is 0 Å². The lowest BCUT2D eigenvalue weighted by molar-refractivity contribution is -0.137. The smallest absolute Gasteiger partial charge is 0.207 e. The summed E-state index contributed by atoms with van der Waals surface area (Å²) >= 11 is 5.74. The molecule has 0 saturated carbocycles. The van der Waals surface area contributed by atoms with Crippen molar-refractivity contribution in [3.05, 3.63) is 59.4 Å². The summed E-state index contributed by atoms with van der Waals surface area (Å²) < 4.78 is 50.6. The van der Waals surface area contributed by atoms with Gasteiger partial charge in [0.25, 0.3) is 0 Å². The minimum atomic E-state index is -4.38. The summed E-state index contributed by atoms with van der Waals surface area (Å²) in [5.41, 5.74) is 0.940. The number of alkyl halides is 4. The van der Waals surface area contributed by atoms with Crippen molar-refractivity contribution < 1.29 is 17.6 Å². The zero-order valence-electron chi connectivity index (χ0n) is 9.64. The second kappa shape index (κ2) is 5.21. The second-order valence-electron chi connectivity index (χ2n) is 4.01. The molecule has 0 spiro atoms. The van der Waals surface area contributed by atoms with E-state index < -0.39 is 17.6 Å². The Labute approximate surface area is 112 Å². The largest absolute Gasteiger partial charge is 0.416 e. The number of hydrogen-bond acceptors (Lipinski definition) is 0. The van der Waals surface area contributed by atoms with Crippen LogP contribution in [0.25, 0.3) is 11.1 Å². The highest BCUT2D eigenvalue weighted by Crippen LogP contribution is 2.32. The van der Waals surface area contributed by atoms with E-state index in [1.54, 1.807) is 0 Å². The molecule has 19 heavy (non-hydrogen) atoms. The fourth-order valence-corrected chi connectivity index (χ4v) is 2.01. The lowest BCUT2D eigenvalue weighted by Gasteiger charge is -2.10. The van der Waals surface area contributed by atoms with Crippen LogP contribution < -0.4 is 0 Å². The molecule has 0 radical (unpaired) electrons. The maximum atomic E-state index is 13.2. The molecule has 0 unspecified atom stereocenters. The lowest BCUT2D eigenvalue weighted by Crippen LogP contribution is -2.04. The first-order valence-electron chi connectivity index (χ1n) is 5.44. The normalized spacial score (nSPS) is 11.6. The number of benzene rings is 2. The molecule has 0 aliphatic rings. The third-order valence-electron chi connectivity index (χ3n) is 2.74. The molecule has 0 nitrogen and oxygen atoms in total. The van der Waals surface area contributed by atoms with Gasteiger partial charge in [-0.15, -0.1) is 11.6 Å². The Kier molecular flexibility index (Phi) is 3.80. The van der Waals surface area contributed by atoms with Crippen LogP contribution >= 0.6 is 11.6 Å². The minimum Gasteiger partial charge on any atom is -0.207 e. The van der Waals surface area contributed by atoms with Gasteiger partial charge in [0.15, 0.2) is 0 Å². The molecule has 0 fully saturated rings. The van der Waals surface area contributed by atoms with E-state index in [4.69, 9.17) is 11.6 Å². The Bertz CT molecular complexity index is 573. The molecule has 0 bridgehead atoms. The second-order valence-corrected chi connectivity index (χ2v) is 4.28. The molecule has 2 rings (SSSR count). The fraction of sp³-hybridized carbons (Fsp3) is 0.143. The molecule has 2 aromatic carbocycles. The molecule has 0 saturated heterocycles. The molecule has 0 aromatic heterocycles. The summed E-state index contributed by atoms with van der Waals surface area (Å²) in [6.45, 7) is 0. The van der Waals surface area contributed by atoms with Crippen molar-refractivity contribution in [3.63, 3.8) is 0 Å². The van der Waals surface area contributed by atoms with Crippen molar-refractivity contribution in [1.29, 1.82) is 0 Å². The summed E-state index contributed by atoms with van der Waals surface area (Å²) in [6, 6.07) is 8.62. The average molecular weight is 289 g/mol. The zero-order valence-corrected chi connectivity index (χ0v) is 10.4. The summed E-state index contributed by atoms with van der Waals surface area (Å²) in [7, 11) is 0. The van der Waals surface area contributed by atoms with Gasteiger partial charge >= 0.3 is 6.18 Å². The van der Waals surface area contributed by atoms with Gasteiger partial charge in [-0.25, -0.2) is 4.39 Å². The Morgan fingerprint density at radius 3 is 2.11 bits per heavy atom. The van der Waals surface area contributed by atoms with E-state index in [1.165, 1.54) is 30.3 Å². The number of halogens is 5. The van der Waals surface area contributed by atoms with E-state index >= 15 is 0 Å². The van der Waals surface area contributed by atoms with Crippen LogP contribution in [0.3, 0.4) is 0 Å². The Morgan fingerprint density at radius 1 is 0.947 bits per heavy atom. The van der Waals surface area contributed by atoms with Gasteiger partial charge in [0.05, 0.1) is 5.56 Å². The molecule has 100 valence electrons. The van der Waals surface area contributed by atoms with E-state index in [1.807, 2.05) is 0 Å². The molecule has 0 aliphatic carbocycles. The van der Waals surface area contributed by atoms with Gasteiger partial charge in [-0.3, -0.25) is 0 Å². The minimum absolute atomic E-state index is 0.163. The number of rotatable bonds is 2. The molecular weight excluding hydrogens is 280 g/mol. The maximum absolute atomic E-state index is 13.2. The molecule has 0 atom stereocenters. The van der Waals surface area contributed by atoms with Crippen LogP contribution in [-0.2, 0) is 12.1 Å². The standard InChI is InChI=1S/C14H9ClF4/c15-8-10-3-6-12(16)7-13(10)9-1-4-11(5-2-9)14(17,18)19/h1-7H,8H2. The van der Waals surface area contributed by atoms with Crippen LogP contribution in [0.1, 0.15) is 11.1 Å². The van der Waals surface area contributed by atoms with E-state index in [9.17, 15) is 17.6 Å². The van der Waals surface area contributed by atoms with E-state index in [2.05, 4.69) is 0 Å². The Morgan fingerprint density at radius 2 is 1.58 bits per heavy atom. The lowest BCUT2D eigenvalue weighted by atomic mass is 9.99. The first-order chi connectivity index (χ1) is 8.91. The van der Waals surface area contributed by atoms with Crippen LogP contribution in [-0.4, -0.2) is 0 Å². The van der Waals surface area contributed by atoms with Gasteiger partial charge in [0, 0.05) is 5.88 Å². The van der Waals surface area contributed by atoms with Crippen LogP contribution in [0, 0.1) is 5.82 Å². The average Bonchev–Trinajstić information content (AvgIpc) is 2.38. The Balaban J connectivity index is 2.45. The SMILES string of the molecule is Fc1ccc(CCl)c(-c2ccc(C(F)(F)F)cc2)c1. The predicted molar refractivity (Wildman–Crippen MR) is 66.4 cm³/mol. The molecular formula is C14H9ClF4. The first kappa shape index (κ1) is 13.9. The molecule has 0 heterocycles. The van der Waals surface area contributed by atoms with E-state index in [0.29, 0.717) is 16.7 Å². The van der Waals surface area contributed by atoms with Gasteiger partial charge in [-0.1, -0.05) is 18.2 Å². The maximum Gasteiger partial charge on any atom is 0.416 e. The van der Waals surface area contributed by atoms with Gasteiger partial charge < -0.3 is 0 Å². The third kappa shape index (κ3) is 3.07. The highest BCUT2D eigenvalue weighted by molar-refractivity contribution is 6.17. The van der Waals surface area contributed by atoms with Gasteiger partial charge in [-0.2, -0.15) is 13.2 Å². The van der Waals surface area contributed by atoms with Crippen LogP contribution in [0.4, 0.5) is 17.6 Å². The van der Waals surface area contributed by atoms with E-state index in [-0.39, 0.29) is 5.88 Å². The molecule has 5 heteroatoms. The summed E-state index contributed by atoms with van der Waals surface area (Å²) in [4.78, 5) is 0. The summed E-state index contributed by atoms with van der Waals surface area (Å²) in [6.07, 6.45) is -4.38. The molecule has 2 aromatic rings. The third-order valence-corrected chi connectivity index (χ3v) is 3.03. The highest BCUT2D eigenvalue weighted by Gasteiger charge is 2.30. The van der Waals surface area contributed by atoms with Crippen molar-refractivity contribution in [2.75, 3.05) is 0 Å². The zero-order chi connectivity index (χ0) is 14.0. The fourth-order valence-electron chi connectivity index (χ4n) is 1.77. The van der Waals surface area contributed by atoms with Crippen LogP contribution in [0.2, 0.25) is 0 Å². The molecule has 0 amide bonds. The predicted octanol–water partition coefficient (Wildman–Crippen LogP) is 5.25. The Hall–Kier alpha value is -1.55. The van der Waals surface area contributed by atoms with Gasteiger partial charge in [0.1, 0.15) is 5.82 Å². The quantitative estimate of drug-likeness (QED) is 0.523. The van der Waals surface area contributed by atoms with Gasteiger partial charge in [-0.05, 0) is 41.0 Å². The monoisotopic (exact) mass is 288 g/mol. The summed E-state index contributed by atoms with van der Waals surface area (Å²) in [5, 5.41) is 0. The molecule has 0 aliphatic heterocycles. The van der Waals surface area contributed by atoms with Gasteiger partial charge in [0.2, 0.25) is 0 Å². The van der Waals surface area contributed by atoms with E-state index in [0.717, 1.165) is 12.1 Å². The van der Waals surface area contributed by atoms with Crippen LogP contribution in [0.5, 0.6) is 0 Å². The number of hydrogen-bond donors (Lipinski definition) is 0. The van der Waals surface area contributed by atoms with Crippen molar-refractivity contribution in [2.24, 2.45) is 0 Å². The topological polar surface area (TPSA) is 0 Å². The highest BCUT2D eigenvalue weighted by atomic mass is 35.5. The van der Waals surface area contributed by atoms with Crippen molar-refractivity contribution >= 4 is 11.6 Å². The van der Waals surface area contributed by atoms with Crippen LogP contribution in [0.15, 0.2) is 42.5 Å². The van der Waals surface area contributed by atoms with Crippen molar-refractivity contribution in [3.8, 4) is 11.1 Å².